The maximum Gasteiger partial charge on any atom is 0.241 e. The standard InChI is InChI=1S/C22H22BrFN4O2/c1-14-4-6-15(7-5-14)21-26-20(30-27-21)13-28-10-2-3-16(12-28)22(29)25-19-9-8-17(23)11-18(19)24/h4-9,11,16H,2-3,10,12-13H2,1H3,(H,25,29). The van der Waals surface area contributed by atoms with Gasteiger partial charge in [0.15, 0.2) is 0 Å². The van der Waals surface area contributed by atoms with Gasteiger partial charge in [-0.2, -0.15) is 4.98 Å². The minimum Gasteiger partial charge on any atom is -0.338 e. The van der Waals surface area contributed by atoms with Gasteiger partial charge >= 0.3 is 0 Å². The third-order valence-electron chi connectivity index (χ3n) is 5.20. The summed E-state index contributed by atoms with van der Waals surface area (Å²) in [6, 6.07) is 12.5. The van der Waals surface area contributed by atoms with Crippen LogP contribution in [0, 0.1) is 18.7 Å². The number of benzene rings is 2. The van der Waals surface area contributed by atoms with Crippen LogP contribution in [0.5, 0.6) is 0 Å². The number of aromatic nitrogens is 2. The molecule has 1 fully saturated rings. The number of anilines is 1. The Hall–Kier alpha value is -2.58. The van der Waals surface area contributed by atoms with Gasteiger partial charge < -0.3 is 9.84 Å². The van der Waals surface area contributed by atoms with Crippen LogP contribution in [-0.2, 0) is 11.3 Å². The molecule has 8 heteroatoms. The molecule has 1 atom stereocenters. The van der Waals surface area contributed by atoms with Crippen LogP contribution in [-0.4, -0.2) is 34.0 Å². The molecule has 1 aliphatic rings. The normalized spacial score (nSPS) is 17.1. The maximum absolute atomic E-state index is 14.0. The molecule has 1 saturated heterocycles. The molecule has 30 heavy (non-hydrogen) atoms. The molecule has 3 aromatic rings. The van der Waals surface area contributed by atoms with E-state index in [-0.39, 0.29) is 17.5 Å². The van der Waals surface area contributed by atoms with E-state index >= 15 is 0 Å². The van der Waals surface area contributed by atoms with Crippen molar-refractivity contribution < 1.29 is 13.7 Å². The number of likely N-dealkylation sites (tertiary alicyclic amines) is 1. The van der Waals surface area contributed by atoms with Gasteiger partial charge in [0, 0.05) is 16.6 Å². The molecule has 1 N–H and O–H groups in total. The summed E-state index contributed by atoms with van der Waals surface area (Å²) in [5.41, 5.74) is 2.27. The summed E-state index contributed by atoms with van der Waals surface area (Å²) >= 11 is 3.22. The quantitative estimate of drug-likeness (QED) is 0.577. The minimum atomic E-state index is -0.458. The zero-order chi connectivity index (χ0) is 21.1. The Kier molecular flexibility index (Phi) is 6.24. The van der Waals surface area contributed by atoms with E-state index in [0.717, 1.165) is 24.9 Å². The lowest BCUT2D eigenvalue weighted by molar-refractivity contribution is -0.121. The van der Waals surface area contributed by atoms with Gasteiger partial charge in [0.05, 0.1) is 18.2 Å². The van der Waals surface area contributed by atoms with Crippen LogP contribution in [0.25, 0.3) is 11.4 Å². The zero-order valence-corrected chi connectivity index (χ0v) is 18.2. The number of rotatable bonds is 5. The predicted molar refractivity (Wildman–Crippen MR) is 115 cm³/mol. The first-order valence-corrected chi connectivity index (χ1v) is 10.6. The first-order chi connectivity index (χ1) is 14.5. The Bertz CT molecular complexity index is 1040. The largest absolute Gasteiger partial charge is 0.338 e. The van der Waals surface area contributed by atoms with Gasteiger partial charge in [-0.25, -0.2) is 4.39 Å². The Balaban J connectivity index is 1.37. The van der Waals surface area contributed by atoms with Crippen LogP contribution in [0.4, 0.5) is 10.1 Å². The lowest BCUT2D eigenvalue weighted by Gasteiger charge is -2.30. The molecule has 4 rings (SSSR count). The fraction of sp³-hybridized carbons (Fsp3) is 0.318. The van der Waals surface area contributed by atoms with Gasteiger partial charge in [0.25, 0.3) is 0 Å². The van der Waals surface area contributed by atoms with Crippen LogP contribution in [0.1, 0.15) is 24.3 Å². The van der Waals surface area contributed by atoms with E-state index in [1.54, 1.807) is 12.1 Å². The van der Waals surface area contributed by atoms with Gasteiger partial charge in [-0.3, -0.25) is 9.69 Å². The van der Waals surface area contributed by atoms with Crippen molar-refractivity contribution in [3.8, 4) is 11.4 Å². The summed E-state index contributed by atoms with van der Waals surface area (Å²) in [6.07, 6.45) is 1.64. The van der Waals surface area contributed by atoms with Crippen LogP contribution in [0.3, 0.4) is 0 Å². The van der Waals surface area contributed by atoms with E-state index in [1.807, 2.05) is 31.2 Å². The average Bonchev–Trinajstić information content (AvgIpc) is 3.19. The third-order valence-corrected chi connectivity index (χ3v) is 5.70. The second kappa shape index (κ2) is 9.06. The molecular weight excluding hydrogens is 451 g/mol. The smallest absolute Gasteiger partial charge is 0.241 e. The summed E-state index contributed by atoms with van der Waals surface area (Å²) in [5.74, 6) is 0.223. The van der Waals surface area contributed by atoms with E-state index in [2.05, 4.69) is 36.3 Å². The van der Waals surface area contributed by atoms with Crippen molar-refractivity contribution >= 4 is 27.5 Å². The molecule has 2 aromatic carbocycles. The van der Waals surface area contributed by atoms with Crippen molar-refractivity contribution in [3.63, 3.8) is 0 Å². The topological polar surface area (TPSA) is 71.3 Å². The number of piperidine rings is 1. The molecule has 0 radical (unpaired) electrons. The Morgan fingerprint density at radius 3 is 2.87 bits per heavy atom. The SMILES string of the molecule is Cc1ccc(-c2noc(CN3CCCC(C(=O)Nc4ccc(Br)cc4F)C3)n2)cc1. The van der Waals surface area contributed by atoms with Gasteiger partial charge in [0.1, 0.15) is 5.82 Å². The molecule has 0 bridgehead atoms. The van der Waals surface area contributed by atoms with Gasteiger partial charge in [-0.1, -0.05) is 50.9 Å². The summed E-state index contributed by atoms with van der Waals surface area (Å²) in [4.78, 5) is 19.3. The van der Waals surface area contributed by atoms with Crippen molar-refractivity contribution in [2.24, 2.45) is 5.92 Å². The molecule has 0 aliphatic carbocycles. The van der Waals surface area contributed by atoms with Crippen LogP contribution >= 0.6 is 15.9 Å². The predicted octanol–water partition coefficient (Wildman–Crippen LogP) is 4.80. The number of nitrogens with zero attached hydrogens (tertiary/aromatic N) is 3. The van der Waals surface area contributed by atoms with E-state index in [0.29, 0.717) is 29.3 Å². The van der Waals surface area contributed by atoms with Gasteiger partial charge in [-0.05, 0) is 44.5 Å². The highest BCUT2D eigenvalue weighted by atomic mass is 79.9. The van der Waals surface area contributed by atoms with E-state index in [1.165, 1.54) is 11.6 Å². The molecule has 1 amide bonds. The fourth-order valence-corrected chi connectivity index (χ4v) is 3.90. The second-order valence-corrected chi connectivity index (χ2v) is 8.48. The van der Waals surface area contributed by atoms with Crippen LogP contribution in [0.2, 0.25) is 0 Å². The number of aryl methyl sites for hydroxylation is 1. The summed E-state index contributed by atoms with van der Waals surface area (Å²) < 4.78 is 20.1. The molecule has 1 aromatic heterocycles. The first kappa shape index (κ1) is 20.7. The monoisotopic (exact) mass is 472 g/mol. The molecule has 0 spiro atoms. The highest BCUT2D eigenvalue weighted by Gasteiger charge is 2.27. The molecular formula is C22H22BrFN4O2. The summed E-state index contributed by atoms with van der Waals surface area (Å²) in [5, 5.41) is 6.78. The third kappa shape index (κ3) is 4.94. The van der Waals surface area contributed by atoms with Crippen LogP contribution < -0.4 is 5.32 Å². The van der Waals surface area contributed by atoms with Crippen molar-refractivity contribution in [2.45, 2.75) is 26.3 Å². The van der Waals surface area contributed by atoms with Crippen molar-refractivity contribution in [1.82, 2.24) is 15.0 Å². The maximum atomic E-state index is 14.0. The lowest BCUT2D eigenvalue weighted by Crippen LogP contribution is -2.40. The molecule has 6 nitrogen and oxygen atoms in total. The summed E-state index contributed by atoms with van der Waals surface area (Å²) in [6.45, 7) is 3.92. The van der Waals surface area contributed by atoms with E-state index in [4.69, 9.17) is 4.52 Å². The first-order valence-electron chi connectivity index (χ1n) is 9.86. The highest BCUT2D eigenvalue weighted by Crippen LogP contribution is 2.24. The number of carbonyl (C=O) groups excluding carboxylic acids is 1. The minimum absolute atomic E-state index is 0.174. The van der Waals surface area contributed by atoms with Crippen LogP contribution in [0.15, 0.2) is 51.5 Å². The molecule has 156 valence electrons. The summed E-state index contributed by atoms with van der Waals surface area (Å²) in [7, 11) is 0. The van der Waals surface area contributed by atoms with Gasteiger partial charge in [-0.15, -0.1) is 0 Å². The highest BCUT2D eigenvalue weighted by molar-refractivity contribution is 9.10. The Labute approximate surface area is 182 Å². The molecule has 2 heterocycles. The van der Waals surface area contributed by atoms with E-state index in [9.17, 15) is 9.18 Å². The van der Waals surface area contributed by atoms with Crippen molar-refractivity contribution in [2.75, 3.05) is 18.4 Å². The number of nitrogens with one attached hydrogen (secondary N) is 1. The number of hydrogen-bond acceptors (Lipinski definition) is 5. The van der Waals surface area contributed by atoms with Gasteiger partial charge in [0.2, 0.25) is 17.6 Å². The van der Waals surface area contributed by atoms with Crippen molar-refractivity contribution in [3.05, 3.63) is 64.2 Å². The van der Waals surface area contributed by atoms with E-state index < -0.39 is 5.82 Å². The zero-order valence-electron chi connectivity index (χ0n) is 16.6. The molecule has 1 aliphatic heterocycles. The number of carbonyl (C=O) groups is 1. The number of halogens is 2. The molecule has 1 unspecified atom stereocenters. The fourth-order valence-electron chi connectivity index (χ4n) is 3.57. The average molecular weight is 473 g/mol. The van der Waals surface area contributed by atoms with Crippen molar-refractivity contribution in [1.29, 1.82) is 0 Å². The Morgan fingerprint density at radius 1 is 1.30 bits per heavy atom. The number of amides is 1. The number of hydrogen-bond donors (Lipinski definition) is 1. The second-order valence-electron chi connectivity index (χ2n) is 7.57. The lowest BCUT2D eigenvalue weighted by atomic mass is 9.97. The Morgan fingerprint density at radius 2 is 2.10 bits per heavy atom. The molecule has 0 saturated carbocycles.